The predicted molar refractivity (Wildman–Crippen MR) is 131 cm³/mol. The highest BCUT2D eigenvalue weighted by atomic mass is 16.6. The Kier molecular flexibility index (Phi) is 5.24. The molecular formula is C27H24N4O3. The zero-order valence-electron chi connectivity index (χ0n) is 19.2. The van der Waals surface area contributed by atoms with Gasteiger partial charge in [0.25, 0.3) is 5.56 Å². The number of rotatable bonds is 4. The molecule has 7 nitrogen and oxygen atoms in total. The summed E-state index contributed by atoms with van der Waals surface area (Å²) < 4.78 is 7.82. The molecule has 4 aromatic rings. The van der Waals surface area contributed by atoms with Crippen LogP contribution in [-0.2, 0) is 21.8 Å². The Bertz CT molecular complexity index is 1480. The molecule has 0 saturated carbocycles. The summed E-state index contributed by atoms with van der Waals surface area (Å²) in [5.41, 5.74) is 2.47. The summed E-state index contributed by atoms with van der Waals surface area (Å²) in [4.78, 5) is 30.5. The van der Waals surface area contributed by atoms with Crippen LogP contribution in [0.3, 0.4) is 0 Å². The van der Waals surface area contributed by atoms with Crippen LogP contribution in [0.5, 0.6) is 0 Å². The maximum atomic E-state index is 13.6. The lowest BCUT2D eigenvalue weighted by molar-refractivity contribution is -0.146. The van der Waals surface area contributed by atoms with Gasteiger partial charge in [0.1, 0.15) is 12.2 Å². The van der Waals surface area contributed by atoms with E-state index in [0.29, 0.717) is 11.2 Å². The highest BCUT2D eigenvalue weighted by Gasteiger charge is 2.44. The summed E-state index contributed by atoms with van der Waals surface area (Å²) in [6.07, 6.45) is 1.65. The van der Waals surface area contributed by atoms with Gasteiger partial charge >= 0.3 is 0 Å². The second kappa shape index (κ2) is 8.26. The minimum atomic E-state index is -1.11. The van der Waals surface area contributed by atoms with Crippen LogP contribution in [0.4, 0.5) is 0 Å². The van der Waals surface area contributed by atoms with Gasteiger partial charge in [0.2, 0.25) is 17.5 Å². The van der Waals surface area contributed by atoms with Gasteiger partial charge in [-0.05, 0) is 30.7 Å². The van der Waals surface area contributed by atoms with Crippen LogP contribution in [0.1, 0.15) is 25.0 Å². The lowest BCUT2D eigenvalue weighted by atomic mass is 10.0. The average Bonchev–Trinajstić information content (AvgIpc) is 3.19. The number of hydrazone groups is 1. The Hall–Kier alpha value is -4.26. The molecule has 0 N–H and O–H groups in total. The number of aromatic nitrogens is 2. The molecule has 1 aliphatic rings. The summed E-state index contributed by atoms with van der Waals surface area (Å²) in [6, 6.07) is 22.9. The lowest BCUT2D eigenvalue weighted by Gasteiger charge is -2.31. The molecule has 0 radical (unpaired) electrons. The van der Waals surface area contributed by atoms with Crippen LogP contribution in [0, 0.1) is 6.92 Å². The lowest BCUT2D eigenvalue weighted by Crippen LogP contribution is -2.41. The van der Waals surface area contributed by atoms with Crippen molar-refractivity contribution >= 4 is 22.8 Å². The normalized spacial score (nSPS) is 17.5. The number of nitrogens with zero attached hydrogens (tertiary/aromatic N) is 4. The summed E-state index contributed by atoms with van der Waals surface area (Å²) in [5, 5.41) is 6.63. The zero-order valence-corrected chi connectivity index (χ0v) is 19.2. The summed E-state index contributed by atoms with van der Waals surface area (Å²) in [5.74, 6) is 0.00369. The monoisotopic (exact) mass is 452 g/mol. The highest BCUT2D eigenvalue weighted by Crippen LogP contribution is 2.35. The van der Waals surface area contributed by atoms with Crippen LogP contribution >= 0.6 is 0 Å². The van der Waals surface area contributed by atoms with Gasteiger partial charge in [-0.15, -0.1) is 5.10 Å². The van der Waals surface area contributed by atoms with E-state index in [4.69, 9.17) is 4.74 Å². The molecule has 5 rings (SSSR count). The van der Waals surface area contributed by atoms with Crippen LogP contribution in [-0.4, -0.2) is 26.4 Å². The van der Waals surface area contributed by atoms with E-state index in [-0.39, 0.29) is 23.9 Å². The Morgan fingerprint density at radius 1 is 1.03 bits per heavy atom. The fourth-order valence-corrected chi connectivity index (χ4v) is 4.29. The number of carbonyl (C=O) groups is 1. The molecule has 0 aliphatic carbocycles. The minimum Gasteiger partial charge on any atom is -0.446 e. The number of benzene rings is 2. The number of ether oxygens (including phenoxy) is 1. The van der Waals surface area contributed by atoms with Gasteiger partial charge in [-0.1, -0.05) is 60.2 Å². The highest BCUT2D eigenvalue weighted by molar-refractivity contribution is 5.86. The largest absolute Gasteiger partial charge is 0.446 e. The number of hydrogen-bond acceptors (Lipinski definition) is 5. The van der Waals surface area contributed by atoms with Crippen molar-refractivity contribution in [1.82, 2.24) is 14.6 Å². The van der Waals surface area contributed by atoms with Crippen molar-refractivity contribution in [2.24, 2.45) is 5.10 Å². The van der Waals surface area contributed by atoms with E-state index in [1.807, 2.05) is 79.7 Å². The van der Waals surface area contributed by atoms with E-state index in [9.17, 15) is 9.59 Å². The average molecular weight is 453 g/mol. The first-order valence-corrected chi connectivity index (χ1v) is 11.1. The molecule has 1 unspecified atom stereocenters. The van der Waals surface area contributed by atoms with E-state index >= 15 is 0 Å². The van der Waals surface area contributed by atoms with E-state index in [0.717, 1.165) is 22.1 Å². The van der Waals surface area contributed by atoms with Crippen molar-refractivity contribution in [3.63, 3.8) is 0 Å². The van der Waals surface area contributed by atoms with Gasteiger partial charge in [-0.3, -0.25) is 14.2 Å². The predicted octanol–water partition coefficient (Wildman–Crippen LogP) is 4.44. The maximum Gasteiger partial charge on any atom is 0.260 e. The van der Waals surface area contributed by atoms with Crippen LogP contribution in [0.2, 0.25) is 0 Å². The van der Waals surface area contributed by atoms with E-state index in [2.05, 4.69) is 10.1 Å². The van der Waals surface area contributed by atoms with Gasteiger partial charge in [-0.25, -0.2) is 4.98 Å². The summed E-state index contributed by atoms with van der Waals surface area (Å²) in [7, 11) is 0. The Morgan fingerprint density at radius 3 is 2.47 bits per heavy atom. The number of aryl methyl sites for hydroxylation is 1. The topological polar surface area (TPSA) is 76.8 Å². The SMILES string of the molecule is CC(=O)N1N=C(Cn2c(=O)c(-c3ccccc3)cc3cccnc32)OC1(C)c1ccc(C)cc1. The molecule has 0 fully saturated rings. The van der Waals surface area contributed by atoms with Gasteiger partial charge in [0.15, 0.2) is 0 Å². The van der Waals surface area contributed by atoms with Crippen LogP contribution in [0.15, 0.2) is 88.9 Å². The molecular weight excluding hydrogens is 428 g/mol. The third-order valence-corrected chi connectivity index (χ3v) is 6.04. The molecule has 3 heterocycles. The molecule has 34 heavy (non-hydrogen) atoms. The molecule has 0 spiro atoms. The van der Waals surface area contributed by atoms with Crippen molar-refractivity contribution in [2.45, 2.75) is 33.0 Å². The Balaban J connectivity index is 1.60. The fourth-order valence-electron chi connectivity index (χ4n) is 4.29. The van der Waals surface area contributed by atoms with Crippen LogP contribution < -0.4 is 5.56 Å². The molecule has 0 bridgehead atoms. The number of pyridine rings is 2. The summed E-state index contributed by atoms with van der Waals surface area (Å²) in [6.45, 7) is 5.28. The molecule has 2 aromatic carbocycles. The van der Waals surface area contributed by atoms with Crippen molar-refractivity contribution in [2.75, 3.05) is 0 Å². The fraction of sp³-hybridized carbons (Fsp3) is 0.185. The molecule has 7 heteroatoms. The van der Waals surface area contributed by atoms with Crippen molar-refractivity contribution in [1.29, 1.82) is 0 Å². The third-order valence-electron chi connectivity index (χ3n) is 6.04. The van der Waals surface area contributed by atoms with Crippen LogP contribution in [0.25, 0.3) is 22.2 Å². The first-order valence-electron chi connectivity index (χ1n) is 11.1. The Labute approximate surface area is 196 Å². The molecule has 0 saturated heterocycles. The molecule has 1 amide bonds. The van der Waals surface area contributed by atoms with Gasteiger partial charge in [0.05, 0.1) is 0 Å². The molecule has 170 valence electrons. The van der Waals surface area contributed by atoms with E-state index in [1.54, 1.807) is 17.7 Å². The summed E-state index contributed by atoms with van der Waals surface area (Å²) >= 11 is 0. The van der Waals surface area contributed by atoms with Crippen molar-refractivity contribution in [3.8, 4) is 11.1 Å². The minimum absolute atomic E-state index is 0.0399. The quantitative estimate of drug-likeness (QED) is 0.459. The van der Waals surface area contributed by atoms with Gasteiger partial charge in [0, 0.05) is 36.6 Å². The second-order valence-electron chi connectivity index (χ2n) is 8.51. The number of carbonyl (C=O) groups excluding carboxylic acids is 1. The first-order chi connectivity index (χ1) is 16.4. The number of amides is 1. The van der Waals surface area contributed by atoms with Crippen molar-refractivity contribution in [3.05, 3.63) is 100 Å². The van der Waals surface area contributed by atoms with Gasteiger partial charge < -0.3 is 4.74 Å². The number of hydrogen-bond donors (Lipinski definition) is 0. The molecule has 1 atom stereocenters. The maximum absolute atomic E-state index is 13.6. The standard InChI is InChI=1S/C27H24N4O3/c1-18-11-13-22(14-12-18)27(3)31(19(2)32)29-24(34-27)17-30-25-21(10-7-15-28-25)16-23(26(30)33)20-8-5-4-6-9-20/h4-16H,17H2,1-3H3. The van der Waals surface area contributed by atoms with Gasteiger partial charge in [-0.2, -0.15) is 5.01 Å². The smallest absolute Gasteiger partial charge is 0.260 e. The number of fused-ring (bicyclic) bond motifs is 1. The first kappa shape index (κ1) is 21.6. The second-order valence-corrected chi connectivity index (χ2v) is 8.51. The van der Waals surface area contributed by atoms with E-state index in [1.165, 1.54) is 11.9 Å². The zero-order chi connectivity index (χ0) is 23.9. The van der Waals surface area contributed by atoms with Crippen molar-refractivity contribution < 1.29 is 9.53 Å². The van der Waals surface area contributed by atoms with E-state index < -0.39 is 5.72 Å². The molecule has 1 aliphatic heterocycles. The third kappa shape index (κ3) is 3.65. The Morgan fingerprint density at radius 2 is 1.76 bits per heavy atom. The molecule has 2 aromatic heterocycles.